The maximum Gasteiger partial charge on any atom is 0.139 e. The van der Waals surface area contributed by atoms with Crippen LogP contribution < -0.4 is 0 Å². The first-order valence-electron chi connectivity index (χ1n) is 6.13. The second-order valence-corrected chi connectivity index (χ2v) is 5.21. The van der Waals surface area contributed by atoms with E-state index in [1.807, 2.05) is 30.3 Å². The van der Waals surface area contributed by atoms with Gasteiger partial charge in [-0.1, -0.05) is 50.3 Å². The maximum absolute atomic E-state index is 6.05. The number of fused-ring (bicyclic) bond motifs is 2. The first-order valence-corrected chi connectivity index (χ1v) is 6.54. The van der Waals surface area contributed by atoms with E-state index in [0.29, 0.717) is 5.92 Å². The Morgan fingerprint density at radius 1 is 0.944 bits per heavy atom. The van der Waals surface area contributed by atoms with Crippen LogP contribution in [-0.4, -0.2) is 0 Å². The summed E-state index contributed by atoms with van der Waals surface area (Å²) < 4.78 is 6.94. The van der Waals surface area contributed by atoms with Crippen molar-refractivity contribution < 1.29 is 4.42 Å². The number of hydrogen-bond donors (Lipinski definition) is 0. The Morgan fingerprint density at radius 2 is 1.67 bits per heavy atom. The van der Waals surface area contributed by atoms with Crippen LogP contribution in [0.5, 0.6) is 0 Å². The predicted octanol–water partition coefficient (Wildman–Crippen LogP) is 5.44. The van der Waals surface area contributed by atoms with E-state index in [1.54, 1.807) is 0 Å². The highest BCUT2D eigenvalue weighted by Gasteiger charge is 2.10. The summed E-state index contributed by atoms with van der Waals surface area (Å²) in [5.41, 5.74) is 3.00. The normalized spacial score (nSPS) is 11.5. The van der Waals surface area contributed by atoms with Crippen molar-refractivity contribution in [2.75, 3.05) is 0 Å². The summed E-state index contributed by atoms with van der Waals surface area (Å²) in [5.74, 6) is 0.424. The van der Waals surface area contributed by atoms with Gasteiger partial charge in [0, 0.05) is 10.8 Å². The van der Waals surface area contributed by atoms with Crippen molar-refractivity contribution in [3.8, 4) is 0 Å². The summed E-state index contributed by atoms with van der Waals surface area (Å²) in [7, 11) is 0. The van der Waals surface area contributed by atoms with Gasteiger partial charge in [0.05, 0.1) is 4.51 Å². The molecule has 2 aromatic carbocycles. The van der Waals surface area contributed by atoms with Crippen LogP contribution in [0.3, 0.4) is 0 Å². The van der Waals surface area contributed by atoms with Crippen molar-refractivity contribution in [2.24, 2.45) is 0 Å². The SMILES string of the molecule is CC(C)c1cccc2c(=S)c3ccccc3oc12. The highest BCUT2D eigenvalue weighted by Crippen LogP contribution is 2.30. The standard InChI is InChI=1S/C16H14OS/c1-10(2)11-7-5-8-13-15(11)17-14-9-4-3-6-12(14)16(13)18/h3-10H,1-2H3. The van der Waals surface area contributed by atoms with Gasteiger partial charge in [-0.05, 0) is 29.7 Å². The molecule has 0 atom stereocenters. The summed E-state index contributed by atoms with van der Waals surface area (Å²) in [5, 5.41) is 2.05. The van der Waals surface area contributed by atoms with Crippen LogP contribution in [0.1, 0.15) is 25.3 Å². The molecule has 0 fully saturated rings. The topological polar surface area (TPSA) is 13.1 Å². The Kier molecular flexibility index (Phi) is 2.67. The van der Waals surface area contributed by atoms with E-state index in [2.05, 4.69) is 26.0 Å². The highest BCUT2D eigenvalue weighted by atomic mass is 32.1. The number of rotatable bonds is 1. The minimum atomic E-state index is 0.424. The van der Waals surface area contributed by atoms with Gasteiger partial charge < -0.3 is 4.42 Å². The lowest BCUT2D eigenvalue weighted by Crippen LogP contribution is -1.90. The van der Waals surface area contributed by atoms with Crippen LogP contribution in [0.4, 0.5) is 0 Å². The van der Waals surface area contributed by atoms with Gasteiger partial charge in [-0.2, -0.15) is 0 Å². The molecule has 0 aliphatic heterocycles. The highest BCUT2D eigenvalue weighted by molar-refractivity contribution is 7.72. The quantitative estimate of drug-likeness (QED) is 0.424. The maximum atomic E-state index is 6.05. The molecule has 0 aliphatic carbocycles. The second kappa shape index (κ2) is 4.21. The summed E-state index contributed by atoms with van der Waals surface area (Å²) in [4.78, 5) is 0. The molecule has 0 saturated carbocycles. The lowest BCUT2D eigenvalue weighted by atomic mass is 10.00. The molecule has 1 heterocycles. The fraction of sp³-hybridized carbons (Fsp3) is 0.188. The smallest absolute Gasteiger partial charge is 0.139 e. The Hall–Kier alpha value is -1.67. The van der Waals surface area contributed by atoms with E-state index in [4.69, 9.17) is 16.6 Å². The van der Waals surface area contributed by atoms with Crippen LogP contribution in [0, 0.1) is 4.51 Å². The van der Waals surface area contributed by atoms with Crippen molar-refractivity contribution in [1.82, 2.24) is 0 Å². The van der Waals surface area contributed by atoms with Gasteiger partial charge in [-0.3, -0.25) is 0 Å². The van der Waals surface area contributed by atoms with E-state index in [1.165, 1.54) is 5.56 Å². The Balaban J connectivity index is 2.56. The molecular formula is C16H14OS. The van der Waals surface area contributed by atoms with Crippen LogP contribution >= 0.6 is 12.2 Å². The zero-order valence-electron chi connectivity index (χ0n) is 10.4. The van der Waals surface area contributed by atoms with Crippen LogP contribution in [0.15, 0.2) is 46.9 Å². The molecule has 0 unspecified atom stereocenters. The molecule has 3 rings (SSSR count). The third-order valence-corrected chi connectivity index (χ3v) is 3.70. The van der Waals surface area contributed by atoms with Gasteiger partial charge in [0.1, 0.15) is 11.2 Å². The lowest BCUT2D eigenvalue weighted by Gasteiger charge is -2.10. The van der Waals surface area contributed by atoms with Crippen molar-refractivity contribution >= 4 is 34.2 Å². The van der Waals surface area contributed by atoms with Gasteiger partial charge in [0.15, 0.2) is 0 Å². The van der Waals surface area contributed by atoms with Crippen LogP contribution in [0.25, 0.3) is 21.9 Å². The monoisotopic (exact) mass is 254 g/mol. The largest absolute Gasteiger partial charge is 0.456 e. The Morgan fingerprint density at radius 3 is 2.44 bits per heavy atom. The first-order chi connectivity index (χ1) is 8.68. The molecule has 0 aliphatic rings. The second-order valence-electron chi connectivity index (χ2n) is 4.81. The fourth-order valence-electron chi connectivity index (χ4n) is 2.30. The van der Waals surface area contributed by atoms with Crippen molar-refractivity contribution in [2.45, 2.75) is 19.8 Å². The Bertz CT molecular complexity index is 784. The van der Waals surface area contributed by atoms with E-state index < -0.39 is 0 Å². The molecule has 90 valence electrons. The molecular weight excluding hydrogens is 240 g/mol. The van der Waals surface area contributed by atoms with E-state index >= 15 is 0 Å². The molecule has 1 aromatic heterocycles. The molecule has 0 bridgehead atoms. The number of benzene rings is 2. The summed E-state index contributed by atoms with van der Waals surface area (Å²) in [6.07, 6.45) is 0. The third kappa shape index (κ3) is 1.65. The fourth-order valence-corrected chi connectivity index (χ4v) is 2.63. The lowest BCUT2D eigenvalue weighted by molar-refractivity contribution is 0.648. The van der Waals surface area contributed by atoms with Crippen LogP contribution in [-0.2, 0) is 0 Å². The van der Waals surface area contributed by atoms with E-state index in [9.17, 15) is 0 Å². The molecule has 0 saturated heterocycles. The van der Waals surface area contributed by atoms with Gasteiger partial charge in [-0.25, -0.2) is 0 Å². The molecule has 0 N–H and O–H groups in total. The van der Waals surface area contributed by atoms with Gasteiger partial charge in [0.2, 0.25) is 0 Å². The number of hydrogen-bond acceptors (Lipinski definition) is 2. The average molecular weight is 254 g/mol. The molecule has 0 spiro atoms. The molecule has 18 heavy (non-hydrogen) atoms. The zero-order chi connectivity index (χ0) is 12.7. The third-order valence-electron chi connectivity index (χ3n) is 3.26. The molecule has 0 amide bonds. The van der Waals surface area contributed by atoms with Crippen molar-refractivity contribution in [3.63, 3.8) is 0 Å². The molecule has 0 radical (unpaired) electrons. The van der Waals surface area contributed by atoms with E-state index in [-0.39, 0.29) is 0 Å². The van der Waals surface area contributed by atoms with E-state index in [0.717, 1.165) is 26.4 Å². The predicted molar refractivity (Wildman–Crippen MR) is 78.6 cm³/mol. The summed E-state index contributed by atoms with van der Waals surface area (Å²) >= 11 is 5.58. The minimum Gasteiger partial charge on any atom is -0.456 e. The molecule has 1 nitrogen and oxygen atoms in total. The molecule has 3 aromatic rings. The Labute approximate surface area is 111 Å². The zero-order valence-corrected chi connectivity index (χ0v) is 11.3. The first kappa shape index (κ1) is 11.4. The van der Waals surface area contributed by atoms with Crippen LogP contribution in [0.2, 0.25) is 0 Å². The summed E-state index contributed by atoms with van der Waals surface area (Å²) in [6.45, 7) is 4.34. The van der Waals surface area contributed by atoms with Gasteiger partial charge in [-0.15, -0.1) is 0 Å². The van der Waals surface area contributed by atoms with Crippen molar-refractivity contribution in [3.05, 3.63) is 52.5 Å². The van der Waals surface area contributed by atoms with Crippen molar-refractivity contribution in [1.29, 1.82) is 0 Å². The van der Waals surface area contributed by atoms with Gasteiger partial charge >= 0.3 is 0 Å². The molecule has 2 heteroatoms. The number of para-hydroxylation sites is 2. The minimum absolute atomic E-state index is 0.424. The average Bonchev–Trinajstić information content (AvgIpc) is 2.38. The summed E-state index contributed by atoms with van der Waals surface area (Å²) in [6, 6.07) is 14.2. The van der Waals surface area contributed by atoms with Gasteiger partial charge in [0.25, 0.3) is 0 Å².